The van der Waals surface area contributed by atoms with Crippen LogP contribution in [0.15, 0.2) is 21.7 Å². The lowest BCUT2D eigenvalue weighted by Gasteiger charge is -2.26. The van der Waals surface area contributed by atoms with Gasteiger partial charge in [-0.25, -0.2) is 5.10 Å². The normalized spacial score (nSPS) is 16.7. The molecule has 2 aromatic heterocycles. The fourth-order valence-corrected chi connectivity index (χ4v) is 2.98. The molecule has 0 aliphatic heterocycles. The van der Waals surface area contributed by atoms with E-state index in [-0.39, 0.29) is 17.2 Å². The maximum Gasteiger partial charge on any atom is 0.277 e. The molecule has 7 heteroatoms. The van der Waals surface area contributed by atoms with E-state index in [1.54, 1.807) is 19.9 Å². The number of nitrogens with zero attached hydrogens (tertiary/aromatic N) is 1. The second-order valence-corrected chi connectivity index (χ2v) is 5.81. The molecule has 120 valence electrons. The number of hydrogen-bond acceptors (Lipinski definition) is 4. The SMILES string of the molecule is Cc1n[nH]c(=O)c(C(=O)N[C@H]2CCCc3[nH]c(=O)ccc32)c1C. The fourth-order valence-electron chi connectivity index (χ4n) is 2.98. The number of fused-ring (bicyclic) bond motifs is 1. The maximum absolute atomic E-state index is 12.6. The lowest BCUT2D eigenvalue weighted by molar-refractivity contribution is 0.0930. The van der Waals surface area contributed by atoms with Gasteiger partial charge in [0.25, 0.3) is 11.5 Å². The summed E-state index contributed by atoms with van der Waals surface area (Å²) in [5, 5.41) is 9.11. The standard InChI is InChI=1S/C16H18N4O3/c1-8-9(2)19-20-16(23)14(8)15(22)18-12-5-3-4-11-10(12)6-7-13(21)17-11/h6-7,12H,3-5H2,1-2H3,(H,17,21)(H,18,22)(H,20,23)/t12-/m0/s1. The van der Waals surface area contributed by atoms with Gasteiger partial charge < -0.3 is 10.3 Å². The van der Waals surface area contributed by atoms with E-state index in [0.29, 0.717) is 11.3 Å². The van der Waals surface area contributed by atoms with Crippen LogP contribution in [-0.2, 0) is 6.42 Å². The number of hydrogen-bond donors (Lipinski definition) is 3. The van der Waals surface area contributed by atoms with Crippen LogP contribution < -0.4 is 16.4 Å². The summed E-state index contributed by atoms with van der Waals surface area (Å²) in [6, 6.07) is 2.99. The first-order valence-corrected chi connectivity index (χ1v) is 7.56. The Labute approximate surface area is 132 Å². The minimum absolute atomic E-state index is 0.0917. The van der Waals surface area contributed by atoms with Gasteiger partial charge in [0.2, 0.25) is 5.56 Å². The summed E-state index contributed by atoms with van der Waals surface area (Å²) in [7, 11) is 0. The highest BCUT2D eigenvalue weighted by Gasteiger charge is 2.25. The Morgan fingerprint density at radius 1 is 1.30 bits per heavy atom. The van der Waals surface area contributed by atoms with Gasteiger partial charge in [-0.1, -0.05) is 0 Å². The Morgan fingerprint density at radius 2 is 2.09 bits per heavy atom. The summed E-state index contributed by atoms with van der Waals surface area (Å²) in [6.07, 6.45) is 2.42. The smallest absolute Gasteiger partial charge is 0.277 e. The molecule has 0 fully saturated rings. The molecular weight excluding hydrogens is 296 g/mol. The number of carbonyl (C=O) groups excluding carboxylic acids is 1. The van der Waals surface area contributed by atoms with Crippen LogP contribution in [0.5, 0.6) is 0 Å². The Bertz CT molecular complexity index is 882. The Hall–Kier alpha value is -2.70. The van der Waals surface area contributed by atoms with Crippen molar-refractivity contribution in [1.29, 1.82) is 0 Å². The van der Waals surface area contributed by atoms with E-state index in [9.17, 15) is 14.4 Å². The van der Waals surface area contributed by atoms with Crippen molar-refractivity contribution in [3.63, 3.8) is 0 Å². The predicted octanol–water partition coefficient (Wildman–Crippen LogP) is 0.882. The largest absolute Gasteiger partial charge is 0.345 e. The molecular formula is C16H18N4O3. The molecule has 2 heterocycles. The molecule has 0 aromatic carbocycles. The monoisotopic (exact) mass is 314 g/mol. The molecule has 3 N–H and O–H groups in total. The molecule has 0 unspecified atom stereocenters. The number of nitrogens with one attached hydrogen (secondary N) is 3. The molecule has 0 bridgehead atoms. The second-order valence-electron chi connectivity index (χ2n) is 5.81. The van der Waals surface area contributed by atoms with Crippen LogP contribution >= 0.6 is 0 Å². The minimum Gasteiger partial charge on any atom is -0.345 e. The average molecular weight is 314 g/mol. The summed E-state index contributed by atoms with van der Waals surface area (Å²) in [6.45, 7) is 3.45. The number of amides is 1. The molecule has 0 saturated heterocycles. The van der Waals surface area contributed by atoms with Crippen molar-refractivity contribution in [2.45, 2.75) is 39.2 Å². The van der Waals surface area contributed by atoms with Crippen LogP contribution in [0.2, 0.25) is 0 Å². The first-order chi connectivity index (χ1) is 11.0. The average Bonchev–Trinajstić information content (AvgIpc) is 2.51. The van der Waals surface area contributed by atoms with Gasteiger partial charge in [-0.15, -0.1) is 0 Å². The van der Waals surface area contributed by atoms with Gasteiger partial charge in [0, 0.05) is 11.8 Å². The van der Waals surface area contributed by atoms with Gasteiger partial charge in [-0.05, 0) is 50.3 Å². The molecule has 1 aliphatic rings. The quantitative estimate of drug-likeness (QED) is 0.764. The zero-order valence-electron chi connectivity index (χ0n) is 13.0. The number of aromatic nitrogens is 3. The van der Waals surface area contributed by atoms with Crippen molar-refractivity contribution < 1.29 is 4.79 Å². The summed E-state index contributed by atoms with van der Waals surface area (Å²) >= 11 is 0. The van der Waals surface area contributed by atoms with Gasteiger partial charge in [0.05, 0.1) is 11.7 Å². The van der Waals surface area contributed by atoms with Gasteiger partial charge in [0.15, 0.2) is 0 Å². The van der Waals surface area contributed by atoms with Crippen LogP contribution in [0.3, 0.4) is 0 Å². The van der Waals surface area contributed by atoms with Gasteiger partial charge in [-0.2, -0.15) is 5.10 Å². The third-order valence-corrected chi connectivity index (χ3v) is 4.33. The summed E-state index contributed by atoms with van der Waals surface area (Å²) in [4.78, 5) is 38.7. The van der Waals surface area contributed by atoms with Crippen LogP contribution in [0.4, 0.5) is 0 Å². The third kappa shape index (κ3) is 2.81. The van der Waals surface area contributed by atoms with Crippen molar-refractivity contribution in [3.8, 4) is 0 Å². The molecule has 0 spiro atoms. The number of aryl methyl sites for hydroxylation is 2. The van der Waals surface area contributed by atoms with Crippen LogP contribution in [-0.4, -0.2) is 21.1 Å². The van der Waals surface area contributed by atoms with Crippen molar-refractivity contribution in [2.75, 3.05) is 0 Å². The van der Waals surface area contributed by atoms with E-state index in [4.69, 9.17) is 0 Å². The summed E-state index contributed by atoms with van der Waals surface area (Å²) in [5.74, 6) is -0.418. The van der Waals surface area contributed by atoms with E-state index in [1.165, 1.54) is 6.07 Å². The van der Waals surface area contributed by atoms with E-state index in [1.807, 2.05) is 0 Å². The third-order valence-electron chi connectivity index (χ3n) is 4.33. The highest BCUT2D eigenvalue weighted by molar-refractivity contribution is 5.95. The number of pyridine rings is 1. The van der Waals surface area contributed by atoms with E-state index >= 15 is 0 Å². The Kier molecular flexibility index (Phi) is 3.85. The zero-order valence-corrected chi connectivity index (χ0v) is 13.0. The first-order valence-electron chi connectivity index (χ1n) is 7.56. The van der Waals surface area contributed by atoms with Crippen molar-refractivity contribution in [3.05, 3.63) is 60.9 Å². The van der Waals surface area contributed by atoms with Gasteiger partial charge in [0.1, 0.15) is 5.56 Å². The molecule has 1 aliphatic carbocycles. The highest BCUT2D eigenvalue weighted by Crippen LogP contribution is 2.27. The van der Waals surface area contributed by atoms with E-state index < -0.39 is 11.5 Å². The predicted molar refractivity (Wildman–Crippen MR) is 84.5 cm³/mol. The van der Waals surface area contributed by atoms with Crippen LogP contribution in [0, 0.1) is 13.8 Å². The van der Waals surface area contributed by atoms with Gasteiger partial charge in [-0.3, -0.25) is 14.4 Å². The highest BCUT2D eigenvalue weighted by atomic mass is 16.2. The van der Waals surface area contributed by atoms with E-state index in [0.717, 1.165) is 30.5 Å². The Morgan fingerprint density at radius 3 is 2.87 bits per heavy atom. The topological polar surface area (TPSA) is 108 Å². The molecule has 1 atom stereocenters. The minimum atomic E-state index is -0.497. The Balaban J connectivity index is 1.93. The van der Waals surface area contributed by atoms with Crippen LogP contribution in [0.25, 0.3) is 0 Å². The maximum atomic E-state index is 12.6. The molecule has 0 saturated carbocycles. The van der Waals surface area contributed by atoms with Crippen molar-refractivity contribution in [1.82, 2.24) is 20.5 Å². The first kappa shape index (κ1) is 15.2. The van der Waals surface area contributed by atoms with Crippen molar-refractivity contribution in [2.24, 2.45) is 0 Å². The molecule has 3 rings (SSSR count). The lowest BCUT2D eigenvalue weighted by atomic mass is 9.91. The van der Waals surface area contributed by atoms with Gasteiger partial charge >= 0.3 is 0 Å². The number of H-pyrrole nitrogens is 2. The second kappa shape index (κ2) is 5.83. The molecule has 2 aromatic rings. The number of carbonyl (C=O) groups is 1. The molecule has 7 nitrogen and oxygen atoms in total. The molecule has 23 heavy (non-hydrogen) atoms. The zero-order chi connectivity index (χ0) is 16.6. The number of aromatic amines is 2. The number of rotatable bonds is 2. The molecule has 0 radical (unpaired) electrons. The summed E-state index contributed by atoms with van der Waals surface area (Å²) in [5.41, 5.74) is 2.39. The molecule has 1 amide bonds. The van der Waals surface area contributed by atoms with Crippen molar-refractivity contribution >= 4 is 5.91 Å². The fraction of sp³-hybridized carbons (Fsp3) is 0.375. The lowest BCUT2D eigenvalue weighted by Crippen LogP contribution is -2.36. The van der Waals surface area contributed by atoms with Crippen LogP contribution in [0.1, 0.15) is 51.8 Å². The summed E-state index contributed by atoms with van der Waals surface area (Å²) < 4.78 is 0. The van der Waals surface area contributed by atoms with E-state index in [2.05, 4.69) is 20.5 Å².